The van der Waals surface area contributed by atoms with Crippen molar-refractivity contribution in [2.45, 2.75) is 25.9 Å². The zero-order chi connectivity index (χ0) is 17.8. The Morgan fingerprint density at radius 2 is 2.08 bits per heavy atom. The van der Waals surface area contributed by atoms with Crippen LogP contribution >= 0.6 is 23.2 Å². The van der Waals surface area contributed by atoms with Crippen molar-refractivity contribution in [3.8, 4) is 0 Å². The van der Waals surface area contributed by atoms with Crippen LogP contribution in [0, 0.1) is 6.92 Å². The second kappa shape index (κ2) is 7.99. The van der Waals surface area contributed by atoms with Crippen LogP contribution in [-0.4, -0.2) is 35.1 Å². The molecular weight excluding hydrogens is 363 g/mol. The minimum Gasteiger partial charge on any atom is -0.376 e. The molecule has 6 nitrogen and oxygen atoms in total. The number of hydrogen-bond acceptors (Lipinski definition) is 5. The maximum absolute atomic E-state index is 12.4. The maximum atomic E-state index is 12.4. The van der Waals surface area contributed by atoms with Crippen molar-refractivity contribution in [2.75, 3.05) is 18.5 Å². The summed E-state index contributed by atoms with van der Waals surface area (Å²) >= 11 is 12.3. The number of aryl methyl sites for hydroxylation is 1. The van der Waals surface area contributed by atoms with E-state index >= 15 is 0 Å². The van der Waals surface area contributed by atoms with Gasteiger partial charge >= 0.3 is 0 Å². The lowest BCUT2D eigenvalue weighted by Gasteiger charge is -2.12. The second-order valence-corrected chi connectivity index (χ2v) is 6.60. The molecule has 1 fully saturated rings. The minimum absolute atomic E-state index is 0.0754. The van der Waals surface area contributed by atoms with Crippen LogP contribution in [0.15, 0.2) is 24.3 Å². The number of para-hydroxylation sites is 1. The number of hydrogen-bond donors (Lipinski definition) is 2. The zero-order valence-electron chi connectivity index (χ0n) is 13.7. The van der Waals surface area contributed by atoms with Gasteiger partial charge in [0.05, 0.1) is 21.8 Å². The minimum atomic E-state index is -0.269. The van der Waals surface area contributed by atoms with Crippen LogP contribution in [0.4, 0.5) is 11.6 Å². The largest absolute Gasteiger partial charge is 0.376 e. The van der Waals surface area contributed by atoms with E-state index in [9.17, 15) is 4.79 Å². The van der Waals surface area contributed by atoms with E-state index in [1.807, 2.05) is 0 Å². The summed E-state index contributed by atoms with van der Waals surface area (Å²) in [6, 6.07) is 6.79. The van der Waals surface area contributed by atoms with E-state index in [1.54, 1.807) is 31.2 Å². The Balaban J connectivity index is 1.74. The average Bonchev–Trinajstić information content (AvgIpc) is 3.09. The summed E-state index contributed by atoms with van der Waals surface area (Å²) in [5.74, 6) is -0.00780. The highest BCUT2D eigenvalue weighted by Gasteiger charge is 2.18. The Morgan fingerprint density at radius 1 is 1.32 bits per heavy atom. The van der Waals surface area contributed by atoms with Crippen LogP contribution in [0.3, 0.4) is 0 Å². The number of halogens is 2. The lowest BCUT2D eigenvalue weighted by molar-refractivity contribution is 0.0853. The van der Waals surface area contributed by atoms with Gasteiger partial charge < -0.3 is 15.4 Å². The number of ether oxygens (including phenoxy) is 1. The van der Waals surface area contributed by atoms with Gasteiger partial charge in [-0.15, -0.1) is 0 Å². The van der Waals surface area contributed by atoms with E-state index in [0.29, 0.717) is 28.0 Å². The highest BCUT2D eigenvalue weighted by molar-refractivity contribution is 6.39. The van der Waals surface area contributed by atoms with E-state index in [-0.39, 0.29) is 23.7 Å². The van der Waals surface area contributed by atoms with Gasteiger partial charge in [-0.2, -0.15) is 0 Å². The molecule has 3 rings (SSSR count). The Hall–Kier alpha value is -1.89. The summed E-state index contributed by atoms with van der Waals surface area (Å²) in [5, 5.41) is 6.72. The Morgan fingerprint density at radius 3 is 2.76 bits per heavy atom. The van der Waals surface area contributed by atoms with Gasteiger partial charge in [0.1, 0.15) is 5.69 Å². The standard InChI is InChI=1S/C17H18Cl2N4O2/c1-10-8-14(16(24)20-9-11-4-3-7-25-11)22-17(21-10)23-15-12(18)5-2-6-13(15)19/h2,5-6,8,11H,3-4,7,9H2,1H3,(H,20,24)(H,21,22,23). The van der Waals surface area contributed by atoms with Gasteiger partial charge in [-0.05, 0) is 38.0 Å². The van der Waals surface area contributed by atoms with Crippen LogP contribution in [0.5, 0.6) is 0 Å². The van der Waals surface area contributed by atoms with Crippen LogP contribution in [0.2, 0.25) is 10.0 Å². The molecule has 1 atom stereocenters. The quantitative estimate of drug-likeness (QED) is 0.825. The third-order valence-corrected chi connectivity index (χ3v) is 4.43. The van der Waals surface area contributed by atoms with Gasteiger partial charge in [-0.3, -0.25) is 4.79 Å². The summed E-state index contributed by atoms with van der Waals surface area (Å²) in [4.78, 5) is 20.9. The molecule has 1 aromatic carbocycles. The van der Waals surface area contributed by atoms with Crippen molar-refractivity contribution < 1.29 is 9.53 Å². The van der Waals surface area contributed by atoms with Crippen LogP contribution in [0.25, 0.3) is 0 Å². The highest BCUT2D eigenvalue weighted by Crippen LogP contribution is 2.31. The fourth-order valence-electron chi connectivity index (χ4n) is 2.57. The van der Waals surface area contributed by atoms with Gasteiger partial charge in [0.25, 0.3) is 5.91 Å². The fraction of sp³-hybridized carbons (Fsp3) is 0.353. The fourth-order valence-corrected chi connectivity index (χ4v) is 3.06. The number of nitrogens with one attached hydrogen (secondary N) is 2. The monoisotopic (exact) mass is 380 g/mol. The summed E-state index contributed by atoms with van der Waals surface area (Å²) in [5.41, 5.74) is 1.43. The molecule has 0 saturated carbocycles. The SMILES string of the molecule is Cc1cc(C(=O)NCC2CCCO2)nc(Nc2c(Cl)cccc2Cl)n1. The molecule has 1 amide bonds. The molecule has 2 N–H and O–H groups in total. The first-order chi connectivity index (χ1) is 12.0. The van der Waals surface area contributed by atoms with Crippen LogP contribution in [0.1, 0.15) is 29.0 Å². The molecule has 1 aliphatic rings. The van der Waals surface area contributed by atoms with Crippen molar-refractivity contribution in [3.05, 3.63) is 45.7 Å². The zero-order valence-corrected chi connectivity index (χ0v) is 15.2. The highest BCUT2D eigenvalue weighted by atomic mass is 35.5. The smallest absolute Gasteiger partial charge is 0.270 e. The molecular formula is C17H18Cl2N4O2. The molecule has 132 valence electrons. The Kier molecular flexibility index (Phi) is 5.73. The molecule has 0 aliphatic carbocycles. The third-order valence-electron chi connectivity index (χ3n) is 3.80. The molecule has 2 heterocycles. The van der Waals surface area contributed by atoms with E-state index < -0.39 is 0 Å². The molecule has 2 aromatic rings. The molecule has 0 radical (unpaired) electrons. The average molecular weight is 381 g/mol. The summed E-state index contributed by atoms with van der Waals surface area (Å²) in [7, 11) is 0. The molecule has 1 aliphatic heterocycles. The molecule has 0 bridgehead atoms. The lowest BCUT2D eigenvalue weighted by atomic mass is 10.2. The molecule has 8 heteroatoms. The van der Waals surface area contributed by atoms with Crippen molar-refractivity contribution in [1.82, 2.24) is 15.3 Å². The Bertz CT molecular complexity index is 759. The van der Waals surface area contributed by atoms with E-state index in [0.717, 1.165) is 19.4 Å². The number of benzene rings is 1. The maximum Gasteiger partial charge on any atom is 0.270 e. The van der Waals surface area contributed by atoms with Gasteiger partial charge in [0, 0.05) is 18.8 Å². The number of carbonyl (C=O) groups excluding carboxylic acids is 1. The lowest BCUT2D eigenvalue weighted by Crippen LogP contribution is -2.32. The first-order valence-corrected chi connectivity index (χ1v) is 8.75. The van der Waals surface area contributed by atoms with Gasteiger partial charge in [0.15, 0.2) is 0 Å². The third kappa shape index (κ3) is 4.60. The molecule has 25 heavy (non-hydrogen) atoms. The van der Waals surface area contributed by atoms with Crippen molar-refractivity contribution in [3.63, 3.8) is 0 Å². The normalized spacial score (nSPS) is 16.7. The van der Waals surface area contributed by atoms with Gasteiger partial charge in [-0.1, -0.05) is 29.3 Å². The molecule has 1 aromatic heterocycles. The summed E-state index contributed by atoms with van der Waals surface area (Å²) < 4.78 is 5.50. The number of anilines is 2. The number of amides is 1. The van der Waals surface area contributed by atoms with Gasteiger partial charge in [-0.25, -0.2) is 9.97 Å². The van der Waals surface area contributed by atoms with E-state index in [4.69, 9.17) is 27.9 Å². The van der Waals surface area contributed by atoms with Crippen molar-refractivity contribution in [2.24, 2.45) is 0 Å². The summed E-state index contributed by atoms with van der Waals surface area (Å²) in [6.45, 7) is 3.01. The number of rotatable bonds is 5. The number of nitrogens with zero attached hydrogens (tertiary/aromatic N) is 2. The first-order valence-electron chi connectivity index (χ1n) is 7.99. The van der Waals surface area contributed by atoms with E-state index in [2.05, 4.69) is 20.6 Å². The number of aromatic nitrogens is 2. The van der Waals surface area contributed by atoms with Crippen LogP contribution < -0.4 is 10.6 Å². The number of carbonyl (C=O) groups is 1. The molecule has 1 saturated heterocycles. The van der Waals surface area contributed by atoms with Gasteiger partial charge in [0.2, 0.25) is 5.95 Å². The van der Waals surface area contributed by atoms with Crippen molar-refractivity contribution in [1.29, 1.82) is 0 Å². The predicted molar refractivity (Wildman–Crippen MR) is 97.8 cm³/mol. The summed E-state index contributed by atoms with van der Waals surface area (Å²) in [6.07, 6.45) is 2.06. The predicted octanol–water partition coefficient (Wildman–Crippen LogP) is 3.74. The Labute approximate surface area is 155 Å². The second-order valence-electron chi connectivity index (χ2n) is 5.78. The van der Waals surface area contributed by atoms with E-state index in [1.165, 1.54) is 0 Å². The van der Waals surface area contributed by atoms with Crippen LogP contribution in [-0.2, 0) is 4.74 Å². The first kappa shape index (κ1) is 17.9. The molecule has 1 unspecified atom stereocenters. The topological polar surface area (TPSA) is 76.1 Å². The molecule has 0 spiro atoms. The van der Waals surface area contributed by atoms with Crippen molar-refractivity contribution >= 4 is 40.7 Å².